The first-order valence-corrected chi connectivity index (χ1v) is 7.61. The maximum atomic E-state index is 12.4. The number of carbonyl (C=O) groups excluding carboxylic acids is 1. The summed E-state index contributed by atoms with van der Waals surface area (Å²) in [6, 6.07) is 3.08. The Labute approximate surface area is 157 Å². The van der Waals surface area contributed by atoms with Gasteiger partial charge in [0.25, 0.3) is 11.6 Å². The van der Waals surface area contributed by atoms with E-state index in [9.17, 15) is 14.9 Å². The van der Waals surface area contributed by atoms with Crippen molar-refractivity contribution in [2.75, 3.05) is 38.1 Å². The Kier molecular flexibility index (Phi) is 8.30. The number of aromatic nitrogens is 1. The normalized spacial score (nSPS) is 22.5. The zero-order valence-corrected chi connectivity index (χ0v) is 15.1. The molecule has 0 spiro atoms. The van der Waals surface area contributed by atoms with Gasteiger partial charge in [0.05, 0.1) is 11.5 Å². The molecule has 2 aliphatic heterocycles. The van der Waals surface area contributed by atoms with Crippen LogP contribution in [0.2, 0.25) is 0 Å². The van der Waals surface area contributed by atoms with Crippen molar-refractivity contribution < 1.29 is 14.5 Å². The largest absolute Gasteiger partial charge is 0.366 e. The van der Waals surface area contributed by atoms with Gasteiger partial charge >= 0.3 is 0 Å². The van der Waals surface area contributed by atoms with Crippen LogP contribution in [0.15, 0.2) is 18.3 Å². The Balaban J connectivity index is 0.00000156. The molecule has 2 fully saturated rings. The van der Waals surface area contributed by atoms with E-state index in [2.05, 4.69) is 15.6 Å². The zero-order valence-electron chi connectivity index (χ0n) is 13.4. The second kappa shape index (κ2) is 9.71. The van der Waals surface area contributed by atoms with Crippen LogP contribution in [0.5, 0.6) is 0 Å². The third kappa shape index (κ3) is 5.40. The molecule has 2 aliphatic rings. The van der Waals surface area contributed by atoms with E-state index in [0.717, 1.165) is 13.0 Å². The van der Waals surface area contributed by atoms with E-state index in [1.165, 1.54) is 12.3 Å². The van der Waals surface area contributed by atoms with Gasteiger partial charge in [-0.25, -0.2) is 4.98 Å². The van der Waals surface area contributed by atoms with Gasteiger partial charge in [-0.05, 0) is 12.5 Å². The van der Waals surface area contributed by atoms with Crippen molar-refractivity contribution in [3.8, 4) is 0 Å². The predicted molar refractivity (Wildman–Crippen MR) is 96.6 cm³/mol. The standard InChI is InChI=1S/C14H19N5O4.2ClH/c20-14(12-8-15-4-6-23-12)18-5-3-10(9-18)17-13-2-1-11(7-16-13)19(21)22;;/h1-2,7,10,12,15H,3-6,8-9H2,(H,16,17);2*1H. The first kappa shape index (κ1) is 21.4. The number of carbonyl (C=O) groups is 1. The number of hydrogen-bond donors (Lipinski definition) is 2. The van der Waals surface area contributed by atoms with Crippen molar-refractivity contribution in [2.45, 2.75) is 18.6 Å². The number of halogens is 2. The summed E-state index contributed by atoms with van der Waals surface area (Å²) in [5, 5.41) is 17.0. The third-order valence-corrected chi connectivity index (χ3v) is 4.01. The summed E-state index contributed by atoms with van der Waals surface area (Å²) in [5.74, 6) is 0.587. The number of nitrogens with one attached hydrogen (secondary N) is 2. The SMILES string of the molecule is Cl.Cl.O=C(C1CNCCO1)N1CCC(Nc2ccc([N+](=O)[O-])cn2)C1. The zero-order chi connectivity index (χ0) is 16.2. The predicted octanol–water partition coefficient (Wildman–Crippen LogP) is 0.835. The minimum Gasteiger partial charge on any atom is -0.366 e. The number of morpholine rings is 1. The molecule has 2 unspecified atom stereocenters. The van der Waals surface area contributed by atoms with Crippen molar-refractivity contribution in [3.05, 3.63) is 28.4 Å². The summed E-state index contributed by atoms with van der Waals surface area (Å²) in [7, 11) is 0. The number of ether oxygens (including phenoxy) is 1. The smallest absolute Gasteiger partial charge is 0.287 e. The Morgan fingerprint density at radius 3 is 2.84 bits per heavy atom. The molecule has 9 nitrogen and oxygen atoms in total. The van der Waals surface area contributed by atoms with Gasteiger partial charge in [-0.3, -0.25) is 14.9 Å². The Morgan fingerprint density at radius 2 is 2.24 bits per heavy atom. The quantitative estimate of drug-likeness (QED) is 0.575. The summed E-state index contributed by atoms with van der Waals surface area (Å²) >= 11 is 0. The molecule has 2 saturated heterocycles. The Bertz CT molecular complexity index is 583. The van der Waals surface area contributed by atoms with Gasteiger partial charge in [0, 0.05) is 38.3 Å². The van der Waals surface area contributed by atoms with Crippen molar-refractivity contribution in [2.24, 2.45) is 0 Å². The van der Waals surface area contributed by atoms with Crippen molar-refractivity contribution in [1.82, 2.24) is 15.2 Å². The van der Waals surface area contributed by atoms with Crippen LogP contribution in [0.4, 0.5) is 11.5 Å². The topological polar surface area (TPSA) is 110 Å². The maximum Gasteiger partial charge on any atom is 0.287 e. The van der Waals surface area contributed by atoms with E-state index in [1.54, 1.807) is 11.0 Å². The molecule has 140 valence electrons. The van der Waals surface area contributed by atoms with Crippen LogP contribution in [-0.4, -0.2) is 65.6 Å². The van der Waals surface area contributed by atoms with Gasteiger partial charge in [-0.15, -0.1) is 24.8 Å². The second-order valence-corrected chi connectivity index (χ2v) is 5.64. The molecule has 25 heavy (non-hydrogen) atoms. The molecule has 1 amide bonds. The summed E-state index contributed by atoms with van der Waals surface area (Å²) < 4.78 is 5.49. The van der Waals surface area contributed by atoms with E-state index < -0.39 is 11.0 Å². The first-order valence-electron chi connectivity index (χ1n) is 7.61. The maximum absolute atomic E-state index is 12.4. The van der Waals surface area contributed by atoms with E-state index in [-0.39, 0.29) is 42.5 Å². The van der Waals surface area contributed by atoms with Crippen molar-refractivity contribution in [1.29, 1.82) is 0 Å². The number of anilines is 1. The van der Waals surface area contributed by atoms with Gasteiger partial charge in [0.15, 0.2) is 0 Å². The van der Waals surface area contributed by atoms with Crippen LogP contribution in [0.25, 0.3) is 0 Å². The molecule has 3 rings (SSSR count). The minimum absolute atomic E-state index is 0. The second-order valence-electron chi connectivity index (χ2n) is 5.64. The lowest BCUT2D eigenvalue weighted by Gasteiger charge is -2.27. The van der Waals surface area contributed by atoms with Gasteiger partial charge < -0.3 is 20.3 Å². The molecule has 1 aromatic heterocycles. The molecule has 3 heterocycles. The number of hydrogen-bond acceptors (Lipinski definition) is 7. The number of nitro groups is 1. The van der Waals surface area contributed by atoms with E-state index in [1.807, 2.05) is 0 Å². The number of pyridine rings is 1. The van der Waals surface area contributed by atoms with Crippen LogP contribution < -0.4 is 10.6 Å². The van der Waals surface area contributed by atoms with Crippen LogP contribution in [0.3, 0.4) is 0 Å². The number of amides is 1. The van der Waals surface area contributed by atoms with Crippen LogP contribution in [0, 0.1) is 10.1 Å². The van der Waals surface area contributed by atoms with Crippen LogP contribution >= 0.6 is 24.8 Å². The lowest BCUT2D eigenvalue weighted by Crippen LogP contribution is -2.49. The lowest BCUT2D eigenvalue weighted by molar-refractivity contribution is -0.385. The average Bonchev–Trinajstić information content (AvgIpc) is 3.04. The van der Waals surface area contributed by atoms with Crippen molar-refractivity contribution >= 4 is 42.2 Å². The molecule has 2 N–H and O–H groups in total. The molecule has 11 heteroatoms. The van der Waals surface area contributed by atoms with Gasteiger partial charge in [-0.2, -0.15) is 0 Å². The third-order valence-electron chi connectivity index (χ3n) is 4.01. The van der Waals surface area contributed by atoms with Gasteiger partial charge in [0.1, 0.15) is 18.1 Å². The molecule has 2 atom stereocenters. The monoisotopic (exact) mass is 393 g/mol. The highest BCUT2D eigenvalue weighted by Crippen LogP contribution is 2.18. The Hall–Kier alpha value is -1.68. The highest BCUT2D eigenvalue weighted by molar-refractivity contribution is 5.85. The summed E-state index contributed by atoms with van der Waals surface area (Å²) in [5.41, 5.74) is -0.0410. The molecular formula is C14H21Cl2N5O4. The number of nitrogens with zero attached hydrogens (tertiary/aromatic N) is 3. The van der Waals surface area contributed by atoms with E-state index in [0.29, 0.717) is 32.1 Å². The molecular weight excluding hydrogens is 373 g/mol. The van der Waals surface area contributed by atoms with E-state index in [4.69, 9.17) is 4.74 Å². The molecule has 1 aromatic rings. The van der Waals surface area contributed by atoms with Gasteiger partial charge in [0.2, 0.25) is 0 Å². The molecule has 0 aliphatic carbocycles. The average molecular weight is 394 g/mol. The first-order chi connectivity index (χ1) is 11.1. The number of rotatable bonds is 4. The highest BCUT2D eigenvalue weighted by atomic mass is 35.5. The summed E-state index contributed by atoms with van der Waals surface area (Å²) in [4.78, 5) is 28.3. The summed E-state index contributed by atoms with van der Waals surface area (Å²) in [6.45, 7) is 3.14. The molecule has 0 saturated carbocycles. The van der Waals surface area contributed by atoms with E-state index >= 15 is 0 Å². The fraction of sp³-hybridized carbons (Fsp3) is 0.571. The highest BCUT2D eigenvalue weighted by Gasteiger charge is 2.32. The minimum atomic E-state index is -0.481. The van der Waals surface area contributed by atoms with Crippen LogP contribution in [0.1, 0.15) is 6.42 Å². The summed E-state index contributed by atoms with van der Waals surface area (Å²) in [6.07, 6.45) is 1.63. The van der Waals surface area contributed by atoms with Gasteiger partial charge in [-0.1, -0.05) is 0 Å². The molecule has 0 bridgehead atoms. The molecule has 0 aromatic carbocycles. The fourth-order valence-corrected chi connectivity index (χ4v) is 2.79. The number of likely N-dealkylation sites (tertiary alicyclic amines) is 1. The lowest BCUT2D eigenvalue weighted by atomic mass is 10.2. The molecule has 0 radical (unpaired) electrons. The van der Waals surface area contributed by atoms with Crippen LogP contribution in [-0.2, 0) is 9.53 Å². The Morgan fingerprint density at radius 1 is 1.44 bits per heavy atom. The fourth-order valence-electron chi connectivity index (χ4n) is 2.79. The van der Waals surface area contributed by atoms with Crippen molar-refractivity contribution in [3.63, 3.8) is 0 Å².